The van der Waals surface area contributed by atoms with Crippen molar-refractivity contribution in [3.8, 4) is 0 Å². The molecular weight excluding hydrogens is 252 g/mol. The summed E-state index contributed by atoms with van der Waals surface area (Å²) in [5.74, 6) is 0.211. The van der Waals surface area contributed by atoms with Crippen LogP contribution in [0.5, 0.6) is 0 Å². The van der Waals surface area contributed by atoms with Crippen molar-refractivity contribution in [2.24, 2.45) is 17.9 Å². The molecule has 1 spiro atoms. The number of nitrogens with one attached hydrogen (secondary N) is 2. The van der Waals surface area contributed by atoms with E-state index in [0.29, 0.717) is 6.54 Å². The molecule has 2 aliphatic rings. The Hall–Kier alpha value is -1.36. The lowest BCUT2D eigenvalue weighted by Gasteiger charge is -2.27. The molecule has 5 heteroatoms. The summed E-state index contributed by atoms with van der Waals surface area (Å²) in [4.78, 5) is 12.5. The summed E-state index contributed by atoms with van der Waals surface area (Å²) in [6, 6.07) is 0. The molecular formula is C15H24N4O. The third-order valence-corrected chi connectivity index (χ3v) is 5.35. The van der Waals surface area contributed by atoms with Gasteiger partial charge in [-0.15, -0.1) is 0 Å². The van der Waals surface area contributed by atoms with Gasteiger partial charge >= 0.3 is 0 Å². The molecule has 1 aromatic rings. The number of amides is 1. The average molecular weight is 276 g/mol. The van der Waals surface area contributed by atoms with Crippen LogP contribution in [0.1, 0.15) is 37.4 Å². The standard InChI is InChI=1S/C15H24N4O/c1-11-12(9-19(3)18-11)8-17-13(20)14(2)10-15(14)4-6-16-7-5-15/h9,16H,4-8,10H2,1-3H3,(H,17,20). The summed E-state index contributed by atoms with van der Waals surface area (Å²) in [6.45, 7) is 6.79. The van der Waals surface area contributed by atoms with E-state index in [2.05, 4.69) is 22.7 Å². The number of aromatic nitrogens is 2. The number of piperidine rings is 1. The first-order valence-electron chi connectivity index (χ1n) is 7.45. The number of carbonyl (C=O) groups excluding carboxylic acids is 1. The number of nitrogens with zero attached hydrogens (tertiary/aromatic N) is 2. The normalized spacial score (nSPS) is 27.6. The SMILES string of the molecule is Cc1nn(C)cc1CNC(=O)C1(C)CC12CCNCC2. The zero-order valence-corrected chi connectivity index (χ0v) is 12.6. The molecule has 20 heavy (non-hydrogen) atoms. The molecule has 0 bridgehead atoms. The largest absolute Gasteiger partial charge is 0.351 e. The van der Waals surface area contributed by atoms with E-state index in [-0.39, 0.29) is 16.7 Å². The third-order valence-electron chi connectivity index (χ3n) is 5.35. The molecule has 1 atom stereocenters. The van der Waals surface area contributed by atoms with Crippen molar-refractivity contribution in [2.75, 3.05) is 13.1 Å². The van der Waals surface area contributed by atoms with E-state index in [1.165, 1.54) is 0 Å². The average Bonchev–Trinajstić information content (AvgIpc) is 2.84. The summed E-state index contributed by atoms with van der Waals surface area (Å²) < 4.78 is 1.80. The fraction of sp³-hybridized carbons (Fsp3) is 0.733. The van der Waals surface area contributed by atoms with E-state index in [1.807, 2.05) is 20.2 Å². The highest BCUT2D eigenvalue weighted by Gasteiger charge is 2.67. The van der Waals surface area contributed by atoms with Gasteiger partial charge in [0.05, 0.1) is 11.1 Å². The molecule has 1 amide bonds. The van der Waals surface area contributed by atoms with Gasteiger partial charge in [-0.05, 0) is 44.7 Å². The lowest BCUT2D eigenvalue weighted by atomic mass is 9.85. The first-order chi connectivity index (χ1) is 9.47. The van der Waals surface area contributed by atoms with Gasteiger partial charge in [0.25, 0.3) is 0 Å². The minimum absolute atomic E-state index is 0.161. The highest BCUT2D eigenvalue weighted by atomic mass is 16.2. The summed E-state index contributed by atoms with van der Waals surface area (Å²) in [5, 5.41) is 10.8. The molecule has 1 aliphatic heterocycles. The third kappa shape index (κ3) is 2.04. The number of hydrogen-bond acceptors (Lipinski definition) is 3. The molecule has 2 fully saturated rings. The Labute approximate surface area is 120 Å². The maximum absolute atomic E-state index is 12.5. The zero-order valence-electron chi connectivity index (χ0n) is 12.6. The van der Waals surface area contributed by atoms with Crippen LogP contribution in [-0.4, -0.2) is 28.8 Å². The minimum Gasteiger partial charge on any atom is -0.351 e. The fourth-order valence-electron chi connectivity index (χ4n) is 3.78. The number of aryl methyl sites for hydroxylation is 2. The Morgan fingerprint density at radius 1 is 1.50 bits per heavy atom. The van der Waals surface area contributed by atoms with Crippen LogP contribution in [0.25, 0.3) is 0 Å². The molecule has 2 heterocycles. The van der Waals surface area contributed by atoms with Gasteiger partial charge in [0.1, 0.15) is 0 Å². The lowest BCUT2D eigenvalue weighted by Crippen LogP contribution is -2.38. The van der Waals surface area contributed by atoms with Crippen molar-refractivity contribution in [1.29, 1.82) is 0 Å². The van der Waals surface area contributed by atoms with Crippen LogP contribution in [0.4, 0.5) is 0 Å². The predicted octanol–water partition coefficient (Wildman–Crippen LogP) is 1.12. The van der Waals surface area contributed by atoms with Gasteiger partial charge in [-0.3, -0.25) is 9.48 Å². The van der Waals surface area contributed by atoms with Gasteiger partial charge in [0, 0.05) is 25.4 Å². The van der Waals surface area contributed by atoms with E-state index in [0.717, 1.165) is 43.6 Å². The topological polar surface area (TPSA) is 59.0 Å². The van der Waals surface area contributed by atoms with Gasteiger partial charge < -0.3 is 10.6 Å². The van der Waals surface area contributed by atoms with Crippen LogP contribution in [0, 0.1) is 17.8 Å². The van der Waals surface area contributed by atoms with Crippen molar-refractivity contribution in [2.45, 2.75) is 39.7 Å². The van der Waals surface area contributed by atoms with Gasteiger partial charge in [-0.25, -0.2) is 0 Å². The van der Waals surface area contributed by atoms with Crippen LogP contribution in [-0.2, 0) is 18.4 Å². The van der Waals surface area contributed by atoms with Gasteiger partial charge in [0.2, 0.25) is 5.91 Å². The number of carbonyl (C=O) groups is 1. The Balaban J connectivity index is 1.61. The molecule has 1 aliphatic carbocycles. The van der Waals surface area contributed by atoms with E-state index in [1.54, 1.807) is 4.68 Å². The molecule has 1 aromatic heterocycles. The second-order valence-electron chi connectivity index (χ2n) is 6.64. The van der Waals surface area contributed by atoms with Crippen LogP contribution < -0.4 is 10.6 Å². The lowest BCUT2D eigenvalue weighted by molar-refractivity contribution is -0.127. The molecule has 110 valence electrons. The van der Waals surface area contributed by atoms with Crippen LogP contribution in [0.2, 0.25) is 0 Å². The second kappa shape index (κ2) is 4.58. The van der Waals surface area contributed by atoms with Crippen LogP contribution in [0.15, 0.2) is 6.20 Å². The molecule has 1 unspecified atom stereocenters. The summed E-state index contributed by atoms with van der Waals surface area (Å²) >= 11 is 0. The molecule has 2 N–H and O–H groups in total. The van der Waals surface area contributed by atoms with Crippen LogP contribution in [0.3, 0.4) is 0 Å². The van der Waals surface area contributed by atoms with Crippen molar-refractivity contribution < 1.29 is 4.79 Å². The van der Waals surface area contributed by atoms with Gasteiger partial charge in [-0.1, -0.05) is 6.92 Å². The predicted molar refractivity (Wildman–Crippen MR) is 77.1 cm³/mol. The quantitative estimate of drug-likeness (QED) is 0.870. The number of rotatable bonds is 3. The molecule has 0 radical (unpaired) electrons. The van der Waals surface area contributed by atoms with E-state index >= 15 is 0 Å². The maximum Gasteiger partial charge on any atom is 0.226 e. The summed E-state index contributed by atoms with van der Waals surface area (Å²) in [6.07, 6.45) is 5.27. The second-order valence-corrected chi connectivity index (χ2v) is 6.64. The Bertz CT molecular complexity index is 530. The Kier molecular flexibility index (Phi) is 3.12. The minimum atomic E-state index is -0.161. The Morgan fingerprint density at radius 2 is 2.20 bits per heavy atom. The van der Waals surface area contributed by atoms with E-state index < -0.39 is 0 Å². The Morgan fingerprint density at radius 3 is 2.80 bits per heavy atom. The molecule has 3 rings (SSSR count). The van der Waals surface area contributed by atoms with E-state index in [4.69, 9.17) is 0 Å². The summed E-state index contributed by atoms with van der Waals surface area (Å²) in [5.41, 5.74) is 2.19. The number of hydrogen-bond donors (Lipinski definition) is 2. The first kappa shape index (κ1) is 13.6. The molecule has 0 aromatic carbocycles. The maximum atomic E-state index is 12.5. The van der Waals surface area contributed by atoms with E-state index in [9.17, 15) is 4.79 Å². The highest BCUT2D eigenvalue weighted by Crippen LogP contribution is 2.68. The fourth-order valence-corrected chi connectivity index (χ4v) is 3.78. The van der Waals surface area contributed by atoms with Crippen molar-refractivity contribution in [3.05, 3.63) is 17.5 Å². The molecule has 1 saturated carbocycles. The van der Waals surface area contributed by atoms with Gasteiger partial charge in [0.15, 0.2) is 0 Å². The highest BCUT2D eigenvalue weighted by molar-refractivity contribution is 5.86. The van der Waals surface area contributed by atoms with Gasteiger partial charge in [-0.2, -0.15) is 5.10 Å². The summed E-state index contributed by atoms with van der Waals surface area (Å²) in [7, 11) is 1.91. The monoisotopic (exact) mass is 276 g/mol. The smallest absolute Gasteiger partial charge is 0.226 e. The van der Waals surface area contributed by atoms with Crippen molar-refractivity contribution >= 4 is 5.91 Å². The molecule has 5 nitrogen and oxygen atoms in total. The van der Waals surface area contributed by atoms with Crippen molar-refractivity contribution in [1.82, 2.24) is 20.4 Å². The van der Waals surface area contributed by atoms with Crippen LogP contribution >= 0.6 is 0 Å². The molecule has 1 saturated heterocycles. The van der Waals surface area contributed by atoms with Crippen molar-refractivity contribution in [3.63, 3.8) is 0 Å². The zero-order chi connectivity index (χ0) is 14.4. The first-order valence-corrected chi connectivity index (χ1v) is 7.45.